The Morgan fingerprint density at radius 2 is 1.45 bits per heavy atom. The molecule has 152 valence electrons. The predicted octanol–water partition coefficient (Wildman–Crippen LogP) is 5.04. The molecular weight excluding hydrogens is 403 g/mol. The number of fused-ring (bicyclic) bond motifs is 4. The van der Waals surface area contributed by atoms with Gasteiger partial charge < -0.3 is 5.32 Å². The molecule has 1 aliphatic carbocycles. The zero-order chi connectivity index (χ0) is 20.1. The molecule has 3 heterocycles. The highest BCUT2D eigenvalue weighted by Crippen LogP contribution is 2.55. The van der Waals surface area contributed by atoms with E-state index in [0.29, 0.717) is 0 Å². The number of halogens is 2. The van der Waals surface area contributed by atoms with Crippen LogP contribution in [0.25, 0.3) is 0 Å². The number of likely N-dealkylation sites (tertiary alicyclic amines) is 1. The summed E-state index contributed by atoms with van der Waals surface area (Å²) in [6.07, 6.45) is 5.39. The molecule has 2 unspecified atom stereocenters. The van der Waals surface area contributed by atoms with Crippen molar-refractivity contribution < 1.29 is 4.79 Å². The minimum Gasteiger partial charge on any atom is -0.354 e. The van der Waals surface area contributed by atoms with E-state index >= 15 is 0 Å². The number of carbonyl (C=O) groups is 1. The summed E-state index contributed by atoms with van der Waals surface area (Å²) in [4.78, 5) is 16.0. The van der Waals surface area contributed by atoms with Crippen LogP contribution in [0.15, 0.2) is 48.5 Å². The first-order valence-electron chi connectivity index (χ1n) is 10.6. The third-order valence-electron chi connectivity index (χ3n) is 7.50. The van der Waals surface area contributed by atoms with E-state index in [1.165, 1.54) is 24.0 Å². The van der Waals surface area contributed by atoms with E-state index in [1.807, 2.05) is 24.3 Å². The van der Waals surface area contributed by atoms with Gasteiger partial charge in [0.2, 0.25) is 5.91 Å². The van der Waals surface area contributed by atoms with Gasteiger partial charge in [-0.15, -0.1) is 0 Å². The second-order valence-corrected chi connectivity index (χ2v) is 9.76. The van der Waals surface area contributed by atoms with Crippen molar-refractivity contribution in [1.29, 1.82) is 0 Å². The number of rotatable bonds is 3. The van der Waals surface area contributed by atoms with Gasteiger partial charge in [-0.25, -0.2) is 0 Å². The molecule has 2 aromatic carbocycles. The average molecular weight is 429 g/mol. The molecule has 2 aromatic rings. The summed E-state index contributed by atoms with van der Waals surface area (Å²) in [5.41, 5.74) is 1.97. The summed E-state index contributed by atoms with van der Waals surface area (Å²) in [6, 6.07) is 16.3. The van der Waals surface area contributed by atoms with Crippen molar-refractivity contribution in [2.75, 3.05) is 19.6 Å². The van der Waals surface area contributed by atoms with Crippen molar-refractivity contribution in [2.45, 2.75) is 43.1 Å². The lowest BCUT2D eigenvalue weighted by molar-refractivity contribution is -0.126. The molecule has 1 amide bonds. The van der Waals surface area contributed by atoms with Crippen LogP contribution in [0, 0.1) is 5.92 Å². The molecular formula is C24H26Cl2N2O. The molecule has 3 saturated heterocycles. The first-order valence-corrected chi connectivity index (χ1v) is 11.3. The molecule has 1 saturated carbocycles. The maximum absolute atomic E-state index is 13.3. The van der Waals surface area contributed by atoms with Gasteiger partial charge in [0.15, 0.2) is 0 Å². The zero-order valence-corrected chi connectivity index (χ0v) is 18.0. The van der Waals surface area contributed by atoms with Crippen molar-refractivity contribution in [1.82, 2.24) is 10.2 Å². The van der Waals surface area contributed by atoms with Gasteiger partial charge in [0.25, 0.3) is 0 Å². The number of amides is 1. The summed E-state index contributed by atoms with van der Waals surface area (Å²) in [7, 11) is 0. The Kier molecular flexibility index (Phi) is 4.89. The van der Waals surface area contributed by atoms with Gasteiger partial charge in [-0.1, -0.05) is 47.5 Å². The van der Waals surface area contributed by atoms with Gasteiger partial charge in [-0.2, -0.15) is 0 Å². The summed E-state index contributed by atoms with van der Waals surface area (Å²) >= 11 is 12.5. The minimum absolute atomic E-state index is 0.00156. The lowest BCUT2D eigenvalue weighted by Crippen LogP contribution is -2.58. The number of hydrogen-bond donors (Lipinski definition) is 1. The highest BCUT2D eigenvalue weighted by atomic mass is 35.5. The third-order valence-corrected chi connectivity index (χ3v) is 8.01. The standard InChI is InChI=1S/C24H26Cl2N2O/c25-19-7-3-17(4-8-19)24(18-5-9-20(26)10-6-18)15-23(28-13-1-2-14-28)12-11-21(24)22(29)27-16-23/h3-10,21H,1-2,11-16H2,(H,27,29). The Balaban J connectivity index is 1.72. The van der Waals surface area contributed by atoms with Crippen molar-refractivity contribution in [3.63, 3.8) is 0 Å². The van der Waals surface area contributed by atoms with E-state index in [1.54, 1.807) is 0 Å². The zero-order valence-electron chi connectivity index (χ0n) is 16.5. The van der Waals surface area contributed by atoms with Crippen LogP contribution < -0.4 is 5.32 Å². The molecule has 0 radical (unpaired) electrons. The maximum atomic E-state index is 13.3. The molecule has 0 aromatic heterocycles. The van der Waals surface area contributed by atoms with Gasteiger partial charge in [0.1, 0.15) is 0 Å². The number of hydrogen-bond acceptors (Lipinski definition) is 2. The molecule has 4 fully saturated rings. The first kappa shape index (κ1) is 19.4. The molecule has 0 spiro atoms. The Bertz CT molecular complexity index is 860. The van der Waals surface area contributed by atoms with Gasteiger partial charge in [-0.3, -0.25) is 9.69 Å². The van der Waals surface area contributed by atoms with Crippen LogP contribution in [-0.4, -0.2) is 36.0 Å². The fraction of sp³-hybridized carbons (Fsp3) is 0.458. The largest absolute Gasteiger partial charge is 0.354 e. The Labute approximate surface area is 182 Å². The summed E-state index contributed by atoms with van der Waals surface area (Å²) in [6.45, 7) is 2.99. The molecule has 1 N–H and O–H groups in total. The van der Waals surface area contributed by atoms with Gasteiger partial charge in [0.05, 0.1) is 5.92 Å². The van der Waals surface area contributed by atoms with E-state index in [0.717, 1.165) is 48.9 Å². The average Bonchev–Trinajstić information content (AvgIpc) is 3.20. The predicted molar refractivity (Wildman–Crippen MR) is 118 cm³/mol. The lowest BCUT2D eigenvalue weighted by Gasteiger charge is -2.53. The molecule has 2 atom stereocenters. The smallest absolute Gasteiger partial charge is 0.224 e. The number of benzene rings is 2. The van der Waals surface area contributed by atoms with E-state index in [2.05, 4.69) is 34.5 Å². The number of nitrogens with zero attached hydrogens (tertiary/aromatic N) is 1. The molecule has 29 heavy (non-hydrogen) atoms. The summed E-state index contributed by atoms with van der Waals surface area (Å²) in [5, 5.41) is 4.75. The number of nitrogens with one attached hydrogen (secondary N) is 1. The molecule has 3 nitrogen and oxygen atoms in total. The van der Waals surface area contributed by atoms with E-state index in [9.17, 15) is 4.79 Å². The molecule has 6 rings (SSSR count). The van der Waals surface area contributed by atoms with Gasteiger partial charge in [0, 0.05) is 27.5 Å². The first-order chi connectivity index (χ1) is 14.0. The normalized spacial score (nSPS) is 28.9. The fourth-order valence-corrected chi connectivity index (χ4v) is 6.36. The van der Waals surface area contributed by atoms with Crippen molar-refractivity contribution in [2.24, 2.45) is 5.92 Å². The van der Waals surface area contributed by atoms with E-state index < -0.39 is 0 Å². The van der Waals surface area contributed by atoms with Gasteiger partial charge >= 0.3 is 0 Å². The van der Waals surface area contributed by atoms with Gasteiger partial charge in [-0.05, 0) is 80.6 Å². The van der Waals surface area contributed by atoms with Crippen LogP contribution in [0.4, 0.5) is 0 Å². The van der Waals surface area contributed by atoms with Crippen LogP contribution >= 0.6 is 23.2 Å². The topological polar surface area (TPSA) is 32.3 Å². The molecule has 5 heteroatoms. The minimum atomic E-state index is -0.378. The molecule has 4 aliphatic rings. The van der Waals surface area contributed by atoms with E-state index in [4.69, 9.17) is 23.2 Å². The van der Waals surface area contributed by atoms with Crippen LogP contribution in [0.3, 0.4) is 0 Å². The monoisotopic (exact) mass is 428 g/mol. The van der Waals surface area contributed by atoms with Crippen LogP contribution in [0.2, 0.25) is 10.0 Å². The van der Waals surface area contributed by atoms with Crippen molar-refractivity contribution in [3.05, 3.63) is 69.7 Å². The third kappa shape index (κ3) is 3.10. The maximum Gasteiger partial charge on any atom is 0.224 e. The SMILES string of the molecule is O=C1NCC2(N3CCCC3)CCC1C(c1ccc(Cl)cc1)(c1ccc(Cl)cc1)C2. The second kappa shape index (κ2) is 7.30. The van der Waals surface area contributed by atoms with Crippen LogP contribution in [0.5, 0.6) is 0 Å². The fourth-order valence-electron chi connectivity index (χ4n) is 6.11. The highest BCUT2D eigenvalue weighted by molar-refractivity contribution is 6.30. The highest BCUT2D eigenvalue weighted by Gasteiger charge is 2.58. The quantitative estimate of drug-likeness (QED) is 0.741. The van der Waals surface area contributed by atoms with Crippen molar-refractivity contribution in [3.8, 4) is 0 Å². The second-order valence-electron chi connectivity index (χ2n) is 8.89. The lowest BCUT2D eigenvalue weighted by atomic mass is 9.55. The molecule has 3 aliphatic heterocycles. The Hall–Kier alpha value is -1.55. The Morgan fingerprint density at radius 3 is 2.00 bits per heavy atom. The number of carbonyl (C=O) groups excluding carboxylic acids is 1. The van der Waals surface area contributed by atoms with Crippen molar-refractivity contribution >= 4 is 29.1 Å². The van der Waals surface area contributed by atoms with Crippen LogP contribution in [0.1, 0.15) is 43.2 Å². The van der Waals surface area contributed by atoms with E-state index in [-0.39, 0.29) is 22.8 Å². The summed E-state index contributed by atoms with van der Waals surface area (Å²) < 4.78 is 0. The van der Waals surface area contributed by atoms with Crippen LogP contribution in [-0.2, 0) is 10.2 Å². The summed E-state index contributed by atoms with van der Waals surface area (Å²) in [5.74, 6) is 0.0801. The Morgan fingerprint density at radius 1 is 0.897 bits per heavy atom. The molecule has 2 bridgehead atoms.